The molecule has 0 aromatic carbocycles. The molecule has 0 aliphatic rings. The van der Waals surface area contributed by atoms with Crippen LogP contribution in [-0.4, -0.2) is 27.1 Å². The highest BCUT2D eigenvalue weighted by atomic mass is 35.5. The van der Waals surface area contributed by atoms with Crippen LogP contribution < -0.4 is 0 Å². The fraction of sp³-hybridized carbons (Fsp3) is 0.750. The number of rotatable bonds is 6. The maximum atomic E-state index is 10.5. The van der Waals surface area contributed by atoms with E-state index in [-0.39, 0.29) is 0 Å². The maximum absolute atomic E-state index is 10.5. The van der Waals surface area contributed by atoms with Crippen molar-refractivity contribution < 1.29 is 9.84 Å². The lowest BCUT2D eigenvalue weighted by atomic mass is 9.93. The third-order valence-corrected chi connectivity index (χ3v) is 3.44. The van der Waals surface area contributed by atoms with Gasteiger partial charge in [0.05, 0.1) is 22.5 Å². The monoisotopic (exact) mass is 260 g/mol. The lowest BCUT2D eigenvalue weighted by Gasteiger charge is -2.33. The molecular formula is C12H21ClN2O2. The van der Waals surface area contributed by atoms with E-state index >= 15 is 0 Å². The second-order valence-electron chi connectivity index (χ2n) is 4.20. The Morgan fingerprint density at radius 2 is 2.18 bits per heavy atom. The minimum atomic E-state index is -0.776. The molecule has 0 amide bonds. The summed E-state index contributed by atoms with van der Waals surface area (Å²) in [6, 6.07) is 0. The second-order valence-corrected chi connectivity index (χ2v) is 4.60. The van der Waals surface area contributed by atoms with E-state index in [1.165, 1.54) is 0 Å². The average molecular weight is 261 g/mol. The Morgan fingerprint density at radius 1 is 1.53 bits per heavy atom. The van der Waals surface area contributed by atoms with Crippen molar-refractivity contribution in [2.75, 3.05) is 6.61 Å². The Morgan fingerprint density at radius 3 is 2.65 bits per heavy atom. The summed E-state index contributed by atoms with van der Waals surface area (Å²) in [6.07, 6.45) is 1.49. The Balaban J connectivity index is 3.08. The van der Waals surface area contributed by atoms with Crippen molar-refractivity contribution in [1.29, 1.82) is 0 Å². The van der Waals surface area contributed by atoms with Crippen LogP contribution in [-0.2, 0) is 11.3 Å². The molecule has 2 unspecified atom stereocenters. The Labute approximate surface area is 108 Å². The number of hydrogen-bond donors (Lipinski definition) is 1. The number of aliphatic hydroxyl groups is 1. The molecule has 1 N–H and O–H groups in total. The number of ether oxygens (including phenoxy) is 1. The van der Waals surface area contributed by atoms with Crippen molar-refractivity contribution in [2.24, 2.45) is 0 Å². The first-order valence-electron chi connectivity index (χ1n) is 6.03. The van der Waals surface area contributed by atoms with Crippen LogP contribution in [0.1, 0.15) is 45.9 Å². The van der Waals surface area contributed by atoms with Crippen molar-refractivity contribution in [3.63, 3.8) is 0 Å². The number of aryl methyl sites for hydroxylation is 1. The fourth-order valence-electron chi connectivity index (χ4n) is 1.89. The first-order chi connectivity index (χ1) is 8.00. The smallest absolute Gasteiger partial charge is 0.126 e. The number of halogens is 1. The normalized spacial score (nSPS) is 16.8. The summed E-state index contributed by atoms with van der Waals surface area (Å²) in [5.74, 6) is 0. The Kier molecular flexibility index (Phi) is 4.98. The maximum Gasteiger partial charge on any atom is 0.126 e. The van der Waals surface area contributed by atoms with Gasteiger partial charge in [0.2, 0.25) is 0 Å². The molecule has 0 aliphatic heterocycles. The van der Waals surface area contributed by atoms with Crippen molar-refractivity contribution in [3.8, 4) is 0 Å². The van der Waals surface area contributed by atoms with Crippen LogP contribution in [0, 0.1) is 0 Å². The molecule has 1 heterocycles. The van der Waals surface area contributed by atoms with Crippen LogP contribution in [0.15, 0.2) is 6.20 Å². The summed E-state index contributed by atoms with van der Waals surface area (Å²) >= 11 is 6.08. The standard InChI is InChI=1S/C12H21ClN2O2/c1-5-12(4,17-7-3)11(16)10-9(13)8-14-15(10)6-2/h8,11,16H,5-7H2,1-4H3. The van der Waals surface area contributed by atoms with Gasteiger partial charge in [-0.05, 0) is 27.2 Å². The van der Waals surface area contributed by atoms with E-state index in [0.29, 0.717) is 30.3 Å². The Hall–Kier alpha value is -0.580. The summed E-state index contributed by atoms with van der Waals surface area (Å²) in [6.45, 7) is 8.98. The van der Waals surface area contributed by atoms with Crippen molar-refractivity contribution in [3.05, 3.63) is 16.9 Å². The van der Waals surface area contributed by atoms with Crippen LogP contribution >= 0.6 is 11.6 Å². The molecule has 1 rings (SSSR count). The molecule has 0 aliphatic carbocycles. The second kappa shape index (κ2) is 5.85. The zero-order valence-corrected chi connectivity index (χ0v) is 11.7. The number of hydrogen-bond acceptors (Lipinski definition) is 3. The molecule has 17 heavy (non-hydrogen) atoms. The molecular weight excluding hydrogens is 240 g/mol. The molecule has 4 nitrogen and oxygen atoms in total. The average Bonchev–Trinajstić information content (AvgIpc) is 2.69. The molecule has 5 heteroatoms. The van der Waals surface area contributed by atoms with Crippen LogP contribution in [0.5, 0.6) is 0 Å². The van der Waals surface area contributed by atoms with Gasteiger partial charge in [-0.3, -0.25) is 4.68 Å². The highest BCUT2D eigenvalue weighted by molar-refractivity contribution is 6.31. The van der Waals surface area contributed by atoms with Crippen LogP contribution in [0.4, 0.5) is 0 Å². The lowest BCUT2D eigenvalue weighted by molar-refractivity contribution is -0.115. The molecule has 98 valence electrons. The summed E-state index contributed by atoms with van der Waals surface area (Å²) in [4.78, 5) is 0. The van der Waals surface area contributed by atoms with Gasteiger partial charge in [0.1, 0.15) is 6.10 Å². The van der Waals surface area contributed by atoms with Gasteiger partial charge >= 0.3 is 0 Å². The van der Waals surface area contributed by atoms with Crippen molar-refractivity contribution >= 4 is 11.6 Å². The first-order valence-corrected chi connectivity index (χ1v) is 6.41. The Bertz CT molecular complexity index is 367. The lowest BCUT2D eigenvalue weighted by Crippen LogP contribution is -2.37. The largest absolute Gasteiger partial charge is 0.384 e. The van der Waals surface area contributed by atoms with E-state index in [2.05, 4.69) is 5.10 Å². The first kappa shape index (κ1) is 14.5. The highest BCUT2D eigenvalue weighted by Gasteiger charge is 2.36. The zero-order chi connectivity index (χ0) is 13.1. The van der Waals surface area contributed by atoms with Crippen LogP contribution in [0.25, 0.3) is 0 Å². The van der Waals surface area contributed by atoms with Crippen molar-refractivity contribution in [1.82, 2.24) is 9.78 Å². The van der Waals surface area contributed by atoms with E-state index in [1.54, 1.807) is 10.9 Å². The highest BCUT2D eigenvalue weighted by Crippen LogP contribution is 2.35. The van der Waals surface area contributed by atoms with E-state index in [1.807, 2.05) is 27.7 Å². The molecule has 2 atom stereocenters. The SMILES string of the molecule is CCOC(C)(CC)C(O)c1c(Cl)cnn1CC. The van der Waals surface area contributed by atoms with E-state index in [9.17, 15) is 5.11 Å². The molecule has 0 radical (unpaired) electrons. The fourth-order valence-corrected chi connectivity index (χ4v) is 2.13. The van der Waals surface area contributed by atoms with E-state index < -0.39 is 11.7 Å². The molecule has 0 saturated carbocycles. The molecule has 0 spiro atoms. The summed E-state index contributed by atoms with van der Waals surface area (Å²) < 4.78 is 7.38. The molecule has 0 saturated heterocycles. The third-order valence-electron chi connectivity index (χ3n) is 3.15. The van der Waals surface area contributed by atoms with Gasteiger partial charge in [0.15, 0.2) is 0 Å². The molecule has 0 bridgehead atoms. The van der Waals surface area contributed by atoms with Gasteiger partial charge in [0.25, 0.3) is 0 Å². The van der Waals surface area contributed by atoms with Gasteiger partial charge in [-0.2, -0.15) is 5.10 Å². The molecule has 1 aromatic rings. The third kappa shape index (κ3) is 2.81. The molecule has 0 fully saturated rings. The summed E-state index contributed by atoms with van der Waals surface area (Å²) in [5, 5.41) is 15.1. The predicted octanol–water partition coefficient (Wildman–Crippen LogP) is 2.80. The summed E-state index contributed by atoms with van der Waals surface area (Å²) in [5.41, 5.74) is -0.00214. The van der Waals surface area contributed by atoms with E-state index in [0.717, 1.165) is 0 Å². The van der Waals surface area contributed by atoms with Gasteiger partial charge in [0, 0.05) is 13.2 Å². The minimum Gasteiger partial charge on any atom is -0.384 e. The van der Waals surface area contributed by atoms with Gasteiger partial charge < -0.3 is 9.84 Å². The van der Waals surface area contributed by atoms with Crippen molar-refractivity contribution in [2.45, 2.75) is 52.4 Å². The van der Waals surface area contributed by atoms with Crippen LogP contribution in [0.2, 0.25) is 5.02 Å². The minimum absolute atomic E-state index is 0.485. The number of nitrogens with zero attached hydrogens (tertiary/aromatic N) is 2. The quantitative estimate of drug-likeness (QED) is 0.856. The van der Waals surface area contributed by atoms with Gasteiger partial charge in [-0.25, -0.2) is 0 Å². The topological polar surface area (TPSA) is 47.3 Å². The van der Waals surface area contributed by atoms with E-state index in [4.69, 9.17) is 16.3 Å². The predicted molar refractivity (Wildman–Crippen MR) is 68.2 cm³/mol. The summed E-state index contributed by atoms with van der Waals surface area (Å²) in [7, 11) is 0. The van der Waals surface area contributed by atoms with Gasteiger partial charge in [-0.1, -0.05) is 18.5 Å². The number of aromatic nitrogens is 2. The van der Waals surface area contributed by atoms with Gasteiger partial charge in [-0.15, -0.1) is 0 Å². The molecule has 1 aromatic heterocycles. The zero-order valence-electron chi connectivity index (χ0n) is 10.9. The van der Waals surface area contributed by atoms with Crippen LogP contribution in [0.3, 0.4) is 0 Å². The number of aliphatic hydroxyl groups excluding tert-OH is 1.